The van der Waals surface area contributed by atoms with Gasteiger partial charge in [-0.3, -0.25) is 0 Å². The lowest BCUT2D eigenvalue weighted by Gasteiger charge is -2.28. The molecule has 0 spiro atoms. The second-order valence-electron chi connectivity index (χ2n) is 4.39. The van der Waals surface area contributed by atoms with Gasteiger partial charge in [0, 0.05) is 6.04 Å². The van der Waals surface area contributed by atoms with Crippen LogP contribution in [0.5, 0.6) is 0 Å². The maximum atomic E-state index is 10.5. The first kappa shape index (κ1) is 12.3. The maximum absolute atomic E-state index is 10.5. The van der Waals surface area contributed by atoms with E-state index in [4.69, 9.17) is 9.84 Å². The van der Waals surface area contributed by atoms with Gasteiger partial charge in [-0.05, 0) is 45.1 Å². The molecular formula is C11H21NO3. The Balaban J connectivity index is 2.44. The molecule has 0 aliphatic heterocycles. The van der Waals surface area contributed by atoms with Crippen molar-refractivity contribution >= 4 is 6.16 Å². The van der Waals surface area contributed by atoms with E-state index in [2.05, 4.69) is 12.2 Å². The average molecular weight is 215 g/mol. The Morgan fingerprint density at radius 1 is 1.33 bits per heavy atom. The van der Waals surface area contributed by atoms with Crippen molar-refractivity contribution < 1.29 is 14.6 Å². The first-order valence-electron chi connectivity index (χ1n) is 5.70. The minimum atomic E-state index is -1.14. The molecule has 0 aromatic rings. The van der Waals surface area contributed by atoms with E-state index < -0.39 is 6.16 Å². The number of rotatable bonds is 2. The van der Waals surface area contributed by atoms with Crippen LogP contribution < -0.4 is 5.32 Å². The highest BCUT2D eigenvalue weighted by Crippen LogP contribution is 2.24. The highest BCUT2D eigenvalue weighted by molar-refractivity contribution is 5.57. The van der Waals surface area contributed by atoms with E-state index in [1.54, 1.807) is 0 Å². The van der Waals surface area contributed by atoms with E-state index in [9.17, 15) is 4.79 Å². The minimum absolute atomic E-state index is 0.111. The maximum Gasteiger partial charge on any atom is 0.506 e. The van der Waals surface area contributed by atoms with E-state index in [0.29, 0.717) is 12.0 Å². The lowest BCUT2D eigenvalue weighted by atomic mass is 9.88. The second-order valence-corrected chi connectivity index (χ2v) is 4.39. The third kappa shape index (κ3) is 4.08. The molecule has 1 fully saturated rings. The smallest absolute Gasteiger partial charge is 0.450 e. The number of ether oxygens (including phenoxy) is 1. The predicted molar refractivity (Wildman–Crippen MR) is 58.0 cm³/mol. The van der Waals surface area contributed by atoms with Crippen LogP contribution in [0.1, 0.15) is 39.0 Å². The summed E-state index contributed by atoms with van der Waals surface area (Å²) in [5, 5.41) is 11.9. The number of hydrogen-bond acceptors (Lipinski definition) is 3. The van der Waals surface area contributed by atoms with E-state index in [-0.39, 0.29) is 6.10 Å². The summed E-state index contributed by atoms with van der Waals surface area (Å²) >= 11 is 0. The summed E-state index contributed by atoms with van der Waals surface area (Å²) in [6, 6.07) is 0.582. The Hall–Kier alpha value is -0.770. The highest BCUT2D eigenvalue weighted by atomic mass is 16.7. The molecule has 4 heteroatoms. The summed E-state index contributed by atoms with van der Waals surface area (Å²) in [7, 11) is 1.99. The van der Waals surface area contributed by atoms with Crippen molar-refractivity contribution in [2.45, 2.75) is 51.2 Å². The molecule has 88 valence electrons. The minimum Gasteiger partial charge on any atom is -0.450 e. The second kappa shape index (κ2) is 5.95. The molecule has 0 heterocycles. The third-order valence-electron chi connectivity index (χ3n) is 3.31. The summed E-state index contributed by atoms with van der Waals surface area (Å²) < 4.78 is 4.90. The Labute approximate surface area is 91.0 Å². The fourth-order valence-corrected chi connectivity index (χ4v) is 2.24. The first-order chi connectivity index (χ1) is 7.13. The zero-order valence-corrected chi connectivity index (χ0v) is 9.53. The van der Waals surface area contributed by atoms with E-state index in [1.165, 1.54) is 0 Å². The predicted octanol–water partition coefficient (Wildman–Crippen LogP) is 2.24. The summed E-state index contributed by atoms with van der Waals surface area (Å²) in [6.07, 6.45) is 3.89. The molecule has 0 aromatic carbocycles. The van der Waals surface area contributed by atoms with Gasteiger partial charge in [-0.2, -0.15) is 0 Å². The molecule has 1 aliphatic rings. The molecule has 1 aliphatic carbocycles. The molecule has 3 unspecified atom stereocenters. The van der Waals surface area contributed by atoms with Gasteiger partial charge in [0.05, 0.1) is 0 Å². The van der Waals surface area contributed by atoms with Gasteiger partial charge in [-0.1, -0.05) is 6.92 Å². The fourth-order valence-electron chi connectivity index (χ4n) is 2.24. The number of nitrogens with one attached hydrogen (secondary N) is 1. The number of hydrogen-bond donors (Lipinski definition) is 2. The normalized spacial score (nSPS) is 32.8. The van der Waals surface area contributed by atoms with Gasteiger partial charge in [0.1, 0.15) is 6.10 Å². The Bertz CT molecular complexity index is 208. The van der Waals surface area contributed by atoms with Gasteiger partial charge in [-0.15, -0.1) is 0 Å². The topological polar surface area (TPSA) is 58.6 Å². The SMILES string of the molecule is CNC1CCCC(OC(=O)O)C(C)CC1. The molecule has 4 nitrogen and oxygen atoms in total. The van der Waals surface area contributed by atoms with Crippen molar-refractivity contribution in [1.29, 1.82) is 0 Å². The molecule has 2 N–H and O–H groups in total. The zero-order valence-electron chi connectivity index (χ0n) is 9.53. The molecule has 0 saturated heterocycles. The van der Waals surface area contributed by atoms with Crippen molar-refractivity contribution in [3.8, 4) is 0 Å². The lowest BCUT2D eigenvalue weighted by Crippen LogP contribution is -2.32. The Morgan fingerprint density at radius 2 is 2.07 bits per heavy atom. The fraction of sp³-hybridized carbons (Fsp3) is 0.909. The van der Waals surface area contributed by atoms with E-state index >= 15 is 0 Å². The molecule has 0 bridgehead atoms. The highest BCUT2D eigenvalue weighted by Gasteiger charge is 2.24. The summed E-state index contributed by atoms with van der Waals surface area (Å²) in [4.78, 5) is 10.5. The van der Waals surface area contributed by atoms with E-state index in [1.807, 2.05) is 7.05 Å². The largest absolute Gasteiger partial charge is 0.506 e. The van der Waals surface area contributed by atoms with Gasteiger partial charge in [0.15, 0.2) is 0 Å². The summed E-state index contributed by atoms with van der Waals surface area (Å²) in [5.41, 5.74) is 0. The monoisotopic (exact) mass is 215 g/mol. The summed E-state index contributed by atoms with van der Waals surface area (Å²) in [5.74, 6) is 0.331. The van der Waals surface area contributed by atoms with Crippen molar-refractivity contribution in [3.05, 3.63) is 0 Å². The zero-order chi connectivity index (χ0) is 11.3. The Morgan fingerprint density at radius 3 is 2.67 bits per heavy atom. The quantitative estimate of drug-likeness (QED) is 0.693. The van der Waals surface area contributed by atoms with Crippen LogP contribution in [-0.4, -0.2) is 30.5 Å². The first-order valence-corrected chi connectivity index (χ1v) is 5.70. The van der Waals surface area contributed by atoms with Gasteiger partial charge in [0.2, 0.25) is 0 Å². The van der Waals surface area contributed by atoms with Crippen molar-refractivity contribution in [1.82, 2.24) is 5.32 Å². The third-order valence-corrected chi connectivity index (χ3v) is 3.31. The molecule has 0 amide bonds. The van der Waals surface area contributed by atoms with Crippen LogP contribution in [0.3, 0.4) is 0 Å². The number of carbonyl (C=O) groups is 1. The van der Waals surface area contributed by atoms with Crippen LogP contribution in [0.25, 0.3) is 0 Å². The molecule has 3 atom stereocenters. The van der Waals surface area contributed by atoms with Crippen LogP contribution >= 0.6 is 0 Å². The molecule has 1 saturated carbocycles. The van der Waals surface area contributed by atoms with Crippen molar-refractivity contribution in [3.63, 3.8) is 0 Å². The molecule has 0 aromatic heterocycles. The van der Waals surface area contributed by atoms with Gasteiger partial charge >= 0.3 is 6.16 Å². The molecule has 1 rings (SSSR count). The van der Waals surface area contributed by atoms with Crippen molar-refractivity contribution in [2.75, 3.05) is 7.05 Å². The number of carboxylic acid groups (broad SMARTS) is 1. The van der Waals surface area contributed by atoms with Crippen LogP contribution in [0.4, 0.5) is 4.79 Å². The van der Waals surface area contributed by atoms with Crippen LogP contribution in [0.2, 0.25) is 0 Å². The lowest BCUT2D eigenvalue weighted by molar-refractivity contribution is 0.0168. The molecule has 0 radical (unpaired) electrons. The van der Waals surface area contributed by atoms with E-state index in [0.717, 1.165) is 32.1 Å². The molecule has 15 heavy (non-hydrogen) atoms. The van der Waals surface area contributed by atoms with Gasteiger partial charge < -0.3 is 15.2 Å². The standard InChI is InChI=1S/C11H21NO3/c1-8-6-7-9(12-2)4-3-5-10(8)15-11(13)14/h8-10,12H,3-7H2,1-2H3,(H,13,14). The summed E-state index contributed by atoms with van der Waals surface area (Å²) in [6.45, 7) is 2.08. The van der Waals surface area contributed by atoms with Crippen LogP contribution in [-0.2, 0) is 4.74 Å². The van der Waals surface area contributed by atoms with Crippen molar-refractivity contribution in [2.24, 2.45) is 5.92 Å². The van der Waals surface area contributed by atoms with Crippen LogP contribution in [0, 0.1) is 5.92 Å². The average Bonchev–Trinajstić information content (AvgIpc) is 2.17. The van der Waals surface area contributed by atoms with Crippen LogP contribution in [0.15, 0.2) is 0 Å². The Kier molecular flexibility index (Phi) is 4.88. The molecular weight excluding hydrogens is 194 g/mol. The van der Waals surface area contributed by atoms with Gasteiger partial charge in [-0.25, -0.2) is 4.79 Å². The van der Waals surface area contributed by atoms with Gasteiger partial charge in [0.25, 0.3) is 0 Å².